The van der Waals surface area contributed by atoms with Crippen molar-refractivity contribution >= 4 is 36.4 Å². The highest BCUT2D eigenvalue weighted by Crippen LogP contribution is 2.41. The van der Waals surface area contributed by atoms with Gasteiger partial charge < -0.3 is 15.3 Å². The van der Waals surface area contributed by atoms with Crippen LogP contribution < -0.4 is 5.32 Å². The van der Waals surface area contributed by atoms with Gasteiger partial charge in [-0.25, -0.2) is 0 Å². The van der Waals surface area contributed by atoms with E-state index in [9.17, 15) is 5.11 Å². The third-order valence-corrected chi connectivity index (χ3v) is 6.85. The van der Waals surface area contributed by atoms with Crippen LogP contribution in [0.3, 0.4) is 0 Å². The number of rotatable bonds is 5. The molecule has 4 rings (SSSR count). The van der Waals surface area contributed by atoms with E-state index in [2.05, 4.69) is 40.5 Å². The lowest BCUT2D eigenvalue weighted by molar-refractivity contribution is -0.0316. The van der Waals surface area contributed by atoms with Gasteiger partial charge in [0.2, 0.25) is 0 Å². The second-order valence-electron chi connectivity index (χ2n) is 8.37. The fraction of sp³-hybridized carbons (Fsp3) is 0.500. The van der Waals surface area contributed by atoms with Crippen LogP contribution in [0.2, 0.25) is 5.02 Å². The topological polar surface area (TPSA) is 35.5 Å². The number of nitrogens with zero attached hydrogens (tertiary/aromatic N) is 1. The molecule has 0 bridgehead atoms. The molecule has 1 aliphatic carbocycles. The predicted octanol–water partition coefficient (Wildman–Crippen LogP) is 5.53. The molecule has 30 heavy (non-hydrogen) atoms. The molecule has 1 saturated carbocycles. The molecule has 2 aromatic carbocycles. The molecule has 1 atom stereocenters. The highest BCUT2D eigenvalue weighted by atomic mass is 35.5. The van der Waals surface area contributed by atoms with Crippen molar-refractivity contribution in [2.45, 2.75) is 43.6 Å². The normalized spacial score (nSPS) is 19.9. The first-order chi connectivity index (χ1) is 13.7. The van der Waals surface area contributed by atoms with Crippen molar-refractivity contribution in [1.82, 2.24) is 10.2 Å². The smallest absolute Gasteiger partial charge is 0.0728 e. The molecule has 0 radical (unpaired) electrons. The maximum absolute atomic E-state index is 11.6. The van der Waals surface area contributed by atoms with Crippen molar-refractivity contribution in [2.75, 3.05) is 32.7 Å². The average Bonchev–Trinajstić information content (AvgIpc) is 2.74. The van der Waals surface area contributed by atoms with E-state index in [0.29, 0.717) is 0 Å². The molecule has 2 aliphatic rings. The molecule has 3 nitrogen and oxygen atoms in total. The third kappa shape index (κ3) is 5.91. The molecule has 166 valence electrons. The van der Waals surface area contributed by atoms with Crippen LogP contribution in [-0.2, 0) is 0 Å². The Bertz CT molecular complexity index is 772. The Kier molecular flexibility index (Phi) is 9.93. The van der Waals surface area contributed by atoms with Crippen LogP contribution in [0.15, 0.2) is 48.5 Å². The molecule has 0 aromatic heterocycles. The summed E-state index contributed by atoms with van der Waals surface area (Å²) in [6.07, 6.45) is 5.33. The Labute approximate surface area is 198 Å². The van der Waals surface area contributed by atoms with Crippen LogP contribution in [-0.4, -0.2) is 48.3 Å². The molecule has 1 aliphatic heterocycles. The fourth-order valence-corrected chi connectivity index (χ4v) is 5.09. The van der Waals surface area contributed by atoms with Gasteiger partial charge in [0.05, 0.1) is 5.60 Å². The summed E-state index contributed by atoms with van der Waals surface area (Å²) in [6, 6.07) is 16.7. The standard InChI is InChI=1S/C24H31ClN2O.2ClH/c25-23-7-3-2-6-21(23)19-8-10-20(11-9-19)22(18-27-16-14-26-15-17-27)24(28)12-4-1-5-13-24;;/h2-3,6-11,22,26,28H,1,4-5,12-18H2;2*1H. The van der Waals surface area contributed by atoms with Gasteiger partial charge in [0.15, 0.2) is 0 Å². The van der Waals surface area contributed by atoms with Gasteiger partial charge in [0, 0.05) is 49.2 Å². The van der Waals surface area contributed by atoms with E-state index >= 15 is 0 Å². The molecular weight excluding hydrogens is 439 g/mol. The van der Waals surface area contributed by atoms with Gasteiger partial charge >= 0.3 is 0 Å². The minimum absolute atomic E-state index is 0. The van der Waals surface area contributed by atoms with E-state index in [0.717, 1.165) is 74.6 Å². The summed E-state index contributed by atoms with van der Waals surface area (Å²) in [5.41, 5.74) is 2.85. The van der Waals surface area contributed by atoms with Crippen LogP contribution >= 0.6 is 36.4 Å². The summed E-state index contributed by atoms with van der Waals surface area (Å²) in [5, 5.41) is 15.8. The summed E-state index contributed by atoms with van der Waals surface area (Å²) in [7, 11) is 0. The van der Waals surface area contributed by atoms with Crippen LogP contribution in [0.1, 0.15) is 43.6 Å². The molecule has 1 unspecified atom stereocenters. The van der Waals surface area contributed by atoms with Crippen molar-refractivity contribution < 1.29 is 5.11 Å². The number of piperazine rings is 1. The van der Waals surface area contributed by atoms with Crippen molar-refractivity contribution in [3.8, 4) is 11.1 Å². The van der Waals surface area contributed by atoms with E-state index in [1.165, 1.54) is 12.0 Å². The van der Waals surface area contributed by atoms with E-state index in [1.807, 2.05) is 18.2 Å². The summed E-state index contributed by atoms with van der Waals surface area (Å²) < 4.78 is 0. The quantitative estimate of drug-likeness (QED) is 0.601. The maximum atomic E-state index is 11.6. The zero-order valence-corrected chi connectivity index (χ0v) is 19.7. The minimum Gasteiger partial charge on any atom is -0.389 e. The minimum atomic E-state index is -0.588. The Hall–Kier alpha value is -0.810. The lowest BCUT2D eigenvalue weighted by Gasteiger charge is -2.42. The fourth-order valence-electron chi connectivity index (χ4n) is 4.84. The number of nitrogens with one attached hydrogen (secondary N) is 1. The zero-order valence-electron chi connectivity index (χ0n) is 17.4. The Morgan fingerprint density at radius 1 is 0.933 bits per heavy atom. The summed E-state index contributed by atoms with van der Waals surface area (Å²) in [4.78, 5) is 2.51. The van der Waals surface area contributed by atoms with E-state index < -0.39 is 5.60 Å². The van der Waals surface area contributed by atoms with Crippen molar-refractivity contribution in [3.05, 3.63) is 59.1 Å². The molecule has 2 N–H and O–H groups in total. The molecule has 0 spiro atoms. The first-order valence-electron chi connectivity index (χ1n) is 10.7. The van der Waals surface area contributed by atoms with Crippen molar-refractivity contribution in [3.63, 3.8) is 0 Å². The number of aliphatic hydroxyl groups is 1. The third-order valence-electron chi connectivity index (χ3n) is 6.52. The predicted molar refractivity (Wildman–Crippen MR) is 131 cm³/mol. The van der Waals surface area contributed by atoms with E-state index in [4.69, 9.17) is 11.6 Å². The van der Waals surface area contributed by atoms with Gasteiger partial charge in [0.25, 0.3) is 0 Å². The van der Waals surface area contributed by atoms with E-state index in [1.54, 1.807) is 0 Å². The van der Waals surface area contributed by atoms with Gasteiger partial charge in [-0.2, -0.15) is 0 Å². The van der Waals surface area contributed by atoms with Crippen molar-refractivity contribution in [2.24, 2.45) is 0 Å². The molecule has 1 saturated heterocycles. The lowest BCUT2D eigenvalue weighted by atomic mass is 9.72. The highest BCUT2D eigenvalue weighted by molar-refractivity contribution is 6.33. The molecule has 1 heterocycles. The number of hydrogen-bond donors (Lipinski definition) is 2. The summed E-state index contributed by atoms with van der Waals surface area (Å²) >= 11 is 6.38. The van der Waals surface area contributed by atoms with Crippen LogP contribution in [0.25, 0.3) is 11.1 Å². The lowest BCUT2D eigenvalue weighted by Crippen LogP contribution is -2.49. The molecule has 2 aromatic rings. The molecular formula is C24H33Cl3N2O. The van der Waals surface area contributed by atoms with Crippen LogP contribution in [0.4, 0.5) is 0 Å². The van der Waals surface area contributed by atoms with Crippen LogP contribution in [0.5, 0.6) is 0 Å². The number of hydrogen-bond acceptors (Lipinski definition) is 3. The second-order valence-corrected chi connectivity index (χ2v) is 8.78. The maximum Gasteiger partial charge on any atom is 0.0728 e. The largest absolute Gasteiger partial charge is 0.389 e. The van der Waals surface area contributed by atoms with Gasteiger partial charge in [-0.05, 0) is 30.0 Å². The van der Waals surface area contributed by atoms with Gasteiger partial charge in [-0.15, -0.1) is 24.8 Å². The average molecular weight is 472 g/mol. The van der Waals surface area contributed by atoms with E-state index in [-0.39, 0.29) is 30.7 Å². The van der Waals surface area contributed by atoms with Gasteiger partial charge in [0.1, 0.15) is 0 Å². The first kappa shape index (κ1) is 25.5. The summed E-state index contributed by atoms with van der Waals surface area (Å²) in [6.45, 7) is 5.13. The molecule has 6 heteroatoms. The first-order valence-corrected chi connectivity index (χ1v) is 11.0. The van der Waals surface area contributed by atoms with Gasteiger partial charge in [-0.1, -0.05) is 73.3 Å². The monoisotopic (exact) mass is 470 g/mol. The van der Waals surface area contributed by atoms with Crippen LogP contribution in [0, 0.1) is 0 Å². The highest BCUT2D eigenvalue weighted by Gasteiger charge is 2.39. The number of halogens is 3. The SMILES string of the molecule is Cl.Cl.OC1(C(CN2CCNCC2)c2ccc(-c3ccccc3Cl)cc2)CCCCC1. The Balaban J connectivity index is 0.00000160. The Morgan fingerprint density at radius 3 is 2.20 bits per heavy atom. The summed E-state index contributed by atoms with van der Waals surface area (Å²) in [5.74, 6) is 0.159. The van der Waals surface area contributed by atoms with Gasteiger partial charge in [-0.3, -0.25) is 0 Å². The number of benzene rings is 2. The van der Waals surface area contributed by atoms with Crippen molar-refractivity contribution in [1.29, 1.82) is 0 Å². The Morgan fingerprint density at radius 2 is 1.57 bits per heavy atom. The second kappa shape index (κ2) is 11.7. The molecule has 2 fully saturated rings. The molecule has 0 amide bonds. The zero-order chi connectivity index (χ0) is 19.4.